The molecule has 4 heteroatoms. The first-order valence-electron chi connectivity index (χ1n) is 5.89. The van der Waals surface area contributed by atoms with Crippen molar-refractivity contribution in [2.75, 3.05) is 0 Å². The summed E-state index contributed by atoms with van der Waals surface area (Å²) in [6, 6.07) is 15.1. The maximum absolute atomic E-state index is 11.6. The molecule has 0 atom stereocenters. The van der Waals surface area contributed by atoms with Gasteiger partial charge < -0.3 is 0 Å². The van der Waals surface area contributed by atoms with Crippen LogP contribution < -0.4 is 5.56 Å². The van der Waals surface area contributed by atoms with Crippen molar-refractivity contribution in [1.82, 2.24) is 9.36 Å². The van der Waals surface area contributed by atoms with Crippen LogP contribution in [0.15, 0.2) is 53.5 Å². The largest absolute Gasteiger partial charge is 0.268 e. The zero-order valence-electron chi connectivity index (χ0n) is 10.4. The van der Waals surface area contributed by atoms with Gasteiger partial charge >= 0.3 is 0 Å². The standard InChI is InChI=1S/C15H11N3O/c1-17-15(19)8-9-18(17)14-7-6-11(10-16)12-4-2-3-5-13(12)14/h2-9H,1H3. The van der Waals surface area contributed by atoms with Crippen LogP contribution in [-0.4, -0.2) is 9.36 Å². The molecule has 3 aromatic rings. The van der Waals surface area contributed by atoms with Crippen LogP contribution in [0.3, 0.4) is 0 Å². The molecule has 0 unspecified atom stereocenters. The van der Waals surface area contributed by atoms with E-state index in [1.165, 1.54) is 10.7 Å². The first-order valence-corrected chi connectivity index (χ1v) is 5.89. The average molecular weight is 249 g/mol. The van der Waals surface area contributed by atoms with Crippen LogP contribution in [0.4, 0.5) is 0 Å². The third-order valence-electron chi connectivity index (χ3n) is 3.27. The Bertz CT molecular complexity index is 865. The molecule has 0 N–H and O–H groups in total. The number of hydrogen-bond acceptors (Lipinski definition) is 2. The Morgan fingerprint density at radius 1 is 1.05 bits per heavy atom. The monoisotopic (exact) mass is 249 g/mol. The molecule has 0 bridgehead atoms. The summed E-state index contributed by atoms with van der Waals surface area (Å²) < 4.78 is 3.32. The molecule has 4 nitrogen and oxygen atoms in total. The van der Waals surface area contributed by atoms with Crippen molar-refractivity contribution >= 4 is 10.8 Å². The molecule has 3 rings (SSSR count). The van der Waals surface area contributed by atoms with Crippen molar-refractivity contribution in [3.63, 3.8) is 0 Å². The van der Waals surface area contributed by atoms with E-state index in [1.807, 2.05) is 30.3 Å². The fourth-order valence-corrected chi connectivity index (χ4v) is 2.27. The third kappa shape index (κ3) is 1.64. The minimum absolute atomic E-state index is 0.0616. The summed E-state index contributed by atoms with van der Waals surface area (Å²) in [6.07, 6.45) is 1.73. The highest BCUT2D eigenvalue weighted by Crippen LogP contribution is 2.24. The van der Waals surface area contributed by atoms with E-state index in [1.54, 1.807) is 24.0 Å². The van der Waals surface area contributed by atoms with Gasteiger partial charge in [0.1, 0.15) is 0 Å². The molecule has 0 fully saturated rings. The summed E-state index contributed by atoms with van der Waals surface area (Å²) in [5, 5.41) is 11.0. The third-order valence-corrected chi connectivity index (χ3v) is 3.27. The minimum Gasteiger partial charge on any atom is -0.268 e. The fourth-order valence-electron chi connectivity index (χ4n) is 2.27. The summed E-state index contributed by atoms with van der Waals surface area (Å²) in [7, 11) is 1.72. The first-order chi connectivity index (χ1) is 9.22. The number of rotatable bonds is 1. The molecule has 0 aliphatic carbocycles. The number of benzene rings is 2. The van der Waals surface area contributed by atoms with Crippen molar-refractivity contribution in [2.45, 2.75) is 0 Å². The molecule has 2 aromatic carbocycles. The number of fused-ring (bicyclic) bond motifs is 1. The zero-order valence-corrected chi connectivity index (χ0v) is 10.4. The van der Waals surface area contributed by atoms with Gasteiger partial charge in [-0.25, -0.2) is 4.68 Å². The van der Waals surface area contributed by atoms with E-state index < -0.39 is 0 Å². The highest BCUT2D eigenvalue weighted by molar-refractivity contribution is 5.94. The van der Waals surface area contributed by atoms with E-state index in [-0.39, 0.29) is 5.56 Å². The molecular formula is C15H11N3O. The van der Waals surface area contributed by atoms with Gasteiger partial charge in [-0.15, -0.1) is 0 Å². The summed E-state index contributed by atoms with van der Waals surface area (Å²) in [6.45, 7) is 0. The maximum Gasteiger partial charge on any atom is 0.266 e. The molecule has 19 heavy (non-hydrogen) atoms. The Labute approximate surface area is 109 Å². The van der Waals surface area contributed by atoms with E-state index in [2.05, 4.69) is 6.07 Å². The van der Waals surface area contributed by atoms with Crippen molar-refractivity contribution in [3.05, 3.63) is 64.6 Å². The zero-order chi connectivity index (χ0) is 13.4. The Balaban J connectivity index is 2.41. The lowest BCUT2D eigenvalue weighted by molar-refractivity contribution is 0.644. The summed E-state index contributed by atoms with van der Waals surface area (Å²) >= 11 is 0. The predicted molar refractivity (Wildman–Crippen MR) is 73.2 cm³/mol. The normalized spacial score (nSPS) is 10.5. The molecule has 0 spiro atoms. The predicted octanol–water partition coefficient (Wildman–Crippen LogP) is 2.20. The highest BCUT2D eigenvalue weighted by Gasteiger charge is 2.08. The second-order valence-electron chi connectivity index (χ2n) is 4.31. The SMILES string of the molecule is Cn1c(=O)ccn1-c1ccc(C#N)c2ccccc12. The van der Waals surface area contributed by atoms with Crippen LogP contribution >= 0.6 is 0 Å². The number of nitrogens with zero attached hydrogens (tertiary/aromatic N) is 3. The van der Waals surface area contributed by atoms with E-state index in [0.29, 0.717) is 5.56 Å². The van der Waals surface area contributed by atoms with Gasteiger partial charge in [0.15, 0.2) is 0 Å². The molecule has 0 aliphatic rings. The number of aromatic nitrogens is 2. The second kappa shape index (κ2) is 4.14. The summed E-state index contributed by atoms with van der Waals surface area (Å²) in [4.78, 5) is 11.6. The van der Waals surface area contributed by atoms with Crippen LogP contribution in [0.2, 0.25) is 0 Å². The van der Waals surface area contributed by atoms with Gasteiger partial charge in [-0.3, -0.25) is 9.48 Å². The van der Waals surface area contributed by atoms with E-state index in [9.17, 15) is 4.79 Å². The Hall–Kier alpha value is -2.80. The van der Waals surface area contributed by atoms with Gasteiger partial charge in [-0.05, 0) is 12.1 Å². The van der Waals surface area contributed by atoms with Gasteiger partial charge in [0, 0.05) is 30.1 Å². The van der Waals surface area contributed by atoms with Crippen LogP contribution in [0.5, 0.6) is 0 Å². The van der Waals surface area contributed by atoms with E-state index in [4.69, 9.17) is 5.26 Å². The molecule has 0 aliphatic heterocycles. The lowest BCUT2D eigenvalue weighted by atomic mass is 10.0. The van der Waals surface area contributed by atoms with Crippen molar-refractivity contribution in [3.8, 4) is 11.8 Å². The van der Waals surface area contributed by atoms with Gasteiger partial charge in [0.25, 0.3) is 5.56 Å². The van der Waals surface area contributed by atoms with E-state index in [0.717, 1.165) is 16.5 Å². The van der Waals surface area contributed by atoms with Gasteiger partial charge in [-0.2, -0.15) is 5.26 Å². The molecule has 1 aromatic heterocycles. The van der Waals surface area contributed by atoms with Crippen LogP contribution in [0.1, 0.15) is 5.56 Å². The Morgan fingerprint density at radius 3 is 2.42 bits per heavy atom. The molecule has 1 heterocycles. The van der Waals surface area contributed by atoms with Crippen LogP contribution in [-0.2, 0) is 7.05 Å². The molecule has 92 valence electrons. The topological polar surface area (TPSA) is 50.7 Å². The van der Waals surface area contributed by atoms with E-state index >= 15 is 0 Å². The van der Waals surface area contributed by atoms with Crippen molar-refractivity contribution in [1.29, 1.82) is 5.26 Å². The quantitative estimate of drug-likeness (QED) is 0.664. The van der Waals surface area contributed by atoms with Gasteiger partial charge in [-0.1, -0.05) is 24.3 Å². The maximum atomic E-state index is 11.6. The summed E-state index contributed by atoms with van der Waals surface area (Å²) in [5.41, 5.74) is 1.46. The molecule has 0 amide bonds. The van der Waals surface area contributed by atoms with Crippen molar-refractivity contribution < 1.29 is 0 Å². The van der Waals surface area contributed by atoms with Gasteiger partial charge in [0.05, 0.1) is 17.3 Å². The number of hydrogen-bond donors (Lipinski definition) is 0. The highest BCUT2D eigenvalue weighted by atomic mass is 16.1. The Morgan fingerprint density at radius 2 is 1.79 bits per heavy atom. The second-order valence-corrected chi connectivity index (χ2v) is 4.31. The minimum atomic E-state index is -0.0616. The lowest BCUT2D eigenvalue weighted by Gasteiger charge is -2.11. The molecular weight excluding hydrogens is 238 g/mol. The number of nitriles is 1. The molecule has 0 radical (unpaired) electrons. The van der Waals surface area contributed by atoms with Crippen LogP contribution in [0.25, 0.3) is 16.5 Å². The van der Waals surface area contributed by atoms with Gasteiger partial charge in [0.2, 0.25) is 0 Å². The first kappa shape index (κ1) is 11.3. The average Bonchev–Trinajstić information content (AvgIpc) is 2.78. The summed E-state index contributed by atoms with van der Waals surface area (Å²) in [5.74, 6) is 0. The van der Waals surface area contributed by atoms with Crippen molar-refractivity contribution in [2.24, 2.45) is 7.05 Å². The Kier molecular flexibility index (Phi) is 2.46. The van der Waals surface area contributed by atoms with Crippen LogP contribution in [0, 0.1) is 11.3 Å². The smallest absolute Gasteiger partial charge is 0.266 e. The lowest BCUT2D eigenvalue weighted by Crippen LogP contribution is -2.17. The fraction of sp³-hybridized carbons (Fsp3) is 0.0667. The molecule has 0 saturated heterocycles. The molecule has 0 saturated carbocycles.